The number of halogens is 1. The average molecular weight is 455 g/mol. The number of oxime groups is 1. The number of nitrogens with one attached hydrogen (secondary N) is 1. The van der Waals surface area contributed by atoms with E-state index in [1.807, 2.05) is 67.6 Å². The lowest BCUT2D eigenvalue weighted by atomic mass is 9.91. The third-order valence-corrected chi connectivity index (χ3v) is 5.64. The molecule has 0 aliphatic heterocycles. The quantitative estimate of drug-likeness (QED) is 0.373. The first-order valence-corrected chi connectivity index (χ1v) is 9.86. The summed E-state index contributed by atoms with van der Waals surface area (Å²) in [7, 11) is 1.44. The van der Waals surface area contributed by atoms with Crippen LogP contribution in [0.3, 0.4) is 0 Å². The number of allylic oxidation sites excluding steroid dienone is 1. The number of H-pyrrole nitrogens is 1. The third kappa shape index (κ3) is 3.51. The van der Waals surface area contributed by atoms with Crippen LogP contribution in [-0.2, 0) is 11.9 Å². The molecule has 2 aromatic carbocycles. The molecule has 3 aromatic rings. The Kier molecular flexibility index (Phi) is 5.10. The molecule has 1 aromatic heterocycles. The summed E-state index contributed by atoms with van der Waals surface area (Å²) in [6.07, 6.45) is 3.27. The van der Waals surface area contributed by atoms with Gasteiger partial charge in [0.05, 0.1) is 5.71 Å². The van der Waals surface area contributed by atoms with Gasteiger partial charge in [-0.1, -0.05) is 69.6 Å². The van der Waals surface area contributed by atoms with E-state index in [9.17, 15) is 9.59 Å². The molecule has 1 aliphatic carbocycles. The van der Waals surface area contributed by atoms with Gasteiger partial charge in [-0.25, -0.2) is 23.9 Å². The number of nitrogens with zero attached hydrogens (tertiary/aromatic N) is 3. The highest BCUT2D eigenvalue weighted by molar-refractivity contribution is 9.10. The van der Waals surface area contributed by atoms with E-state index in [1.54, 1.807) is 0 Å². The summed E-state index contributed by atoms with van der Waals surface area (Å²) in [5.41, 5.74) is 2.58. The zero-order valence-electron chi connectivity index (χ0n) is 15.9. The summed E-state index contributed by atoms with van der Waals surface area (Å²) in [4.78, 5) is 30.2. The topological polar surface area (TPSA) is 81.4 Å². The second-order valence-corrected chi connectivity index (χ2v) is 7.62. The lowest BCUT2D eigenvalue weighted by molar-refractivity contribution is 0.0898. The van der Waals surface area contributed by atoms with E-state index in [2.05, 4.69) is 26.2 Å². The van der Waals surface area contributed by atoms with E-state index in [0.29, 0.717) is 0 Å². The van der Waals surface area contributed by atoms with E-state index in [0.717, 1.165) is 31.4 Å². The van der Waals surface area contributed by atoms with Crippen LogP contribution in [0.5, 0.6) is 0 Å². The zero-order valence-corrected chi connectivity index (χ0v) is 17.5. The van der Waals surface area contributed by atoms with Crippen LogP contribution in [0.1, 0.15) is 35.8 Å². The van der Waals surface area contributed by atoms with Gasteiger partial charge in [0, 0.05) is 22.6 Å². The number of aromatic amines is 1. The number of aromatic nitrogens is 3. The van der Waals surface area contributed by atoms with Crippen LogP contribution in [0.2, 0.25) is 0 Å². The molecule has 2 atom stereocenters. The Balaban J connectivity index is 1.72. The predicted molar refractivity (Wildman–Crippen MR) is 114 cm³/mol. The van der Waals surface area contributed by atoms with E-state index in [1.165, 1.54) is 11.7 Å². The second kappa shape index (κ2) is 7.71. The average Bonchev–Trinajstić information content (AvgIpc) is 3.00. The molecular weight excluding hydrogens is 436 g/mol. The molecule has 1 N–H and O–H groups in total. The largest absolute Gasteiger partial charge is 0.383 e. The molecule has 8 heteroatoms. The minimum absolute atomic E-state index is 0.413. The van der Waals surface area contributed by atoms with Crippen LogP contribution in [0, 0.1) is 0 Å². The molecule has 0 spiro atoms. The molecule has 1 aliphatic rings. The van der Waals surface area contributed by atoms with Crippen molar-refractivity contribution in [3.05, 3.63) is 103 Å². The van der Waals surface area contributed by atoms with Gasteiger partial charge in [0.2, 0.25) is 0 Å². The Hall–Kier alpha value is -3.13. The highest BCUT2D eigenvalue weighted by atomic mass is 79.9. The van der Waals surface area contributed by atoms with E-state index in [-0.39, 0.29) is 0 Å². The molecule has 29 heavy (non-hydrogen) atoms. The zero-order chi connectivity index (χ0) is 20.5. The first kappa shape index (κ1) is 19.2. The van der Waals surface area contributed by atoms with Crippen molar-refractivity contribution < 1.29 is 4.84 Å². The van der Waals surface area contributed by atoms with Gasteiger partial charge in [-0.3, -0.25) is 0 Å². The maximum absolute atomic E-state index is 12.5. The molecule has 7 nitrogen and oxygen atoms in total. The van der Waals surface area contributed by atoms with Crippen molar-refractivity contribution in [1.82, 2.24) is 14.3 Å². The molecule has 0 fully saturated rings. The minimum atomic E-state index is -0.460. The fourth-order valence-corrected chi connectivity index (χ4v) is 3.97. The number of fused-ring (bicyclic) bond motifs is 1. The number of rotatable bonds is 4. The second-order valence-electron chi connectivity index (χ2n) is 6.77. The van der Waals surface area contributed by atoms with Crippen molar-refractivity contribution in [1.29, 1.82) is 0 Å². The standard InChI is InChI=1S/C21H19BrN4O3/c1-13(14-7-4-3-5-8-14)24-29-18-12-11-17(19-15(18)9-6-10-16(19)22)26-21(28)25(2)20(27)23-26/h3-12,17-18H,1-2H3,(H,23,27)/b24-13+/t17-,18+/m1/s1. The fraction of sp³-hybridized carbons (Fsp3) is 0.190. The summed E-state index contributed by atoms with van der Waals surface area (Å²) >= 11 is 3.57. The van der Waals surface area contributed by atoms with E-state index in [4.69, 9.17) is 4.84 Å². The molecule has 0 amide bonds. The summed E-state index contributed by atoms with van der Waals surface area (Å²) in [6.45, 7) is 1.89. The molecule has 0 radical (unpaired) electrons. The summed E-state index contributed by atoms with van der Waals surface area (Å²) in [6, 6.07) is 15.1. The van der Waals surface area contributed by atoms with Crippen LogP contribution in [-0.4, -0.2) is 20.1 Å². The Labute approximate surface area is 175 Å². The third-order valence-electron chi connectivity index (χ3n) is 4.94. The van der Waals surface area contributed by atoms with Gasteiger partial charge in [0.15, 0.2) is 6.10 Å². The summed E-state index contributed by atoms with van der Waals surface area (Å²) in [5, 5.41) is 6.91. The monoisotopic (exact) mass is 454 g/mol. The van der Waals surface area contributed by atoms with Gasteiger partial charge in [-0.2, -0.15) is 0 Å². The Morgan fingerprint density at radius 2 is 1.86 bits per heavy atom. The van der Waals surface area contributed by atoms with Crippen LogP contribution < -0.4 is 11.4 Å². The Morgan fingerprint density at radius 1 is 1.10 bits per heavy atom. The molecule has 0 bridgehead atoms. The highest BCUT2D eigenvalue weighted by Crippen LogP contribution is 2.38. The van der Waals surface area contributed by atoms with Crippen molar-refractivity contribution in [3.8, 4) is 0 Å². The van der Waals surface area contributed by atoms with Crippen LogP contribution >= 0.6 is 15.9 Å². The first-order valence-electron chi connectivity index (χ1n) is 9.07. The first-order chi connectivity index (χ1) is 14.0. The van der Waals surface area contributed by atoms with Gasteiger partial charge < -0.3 is 4.84 Å². The molecule has 0 saturated heterocycles. The SMILES string of the molecule is C/C(=N\O[C@H]1C=C[C@@H](n2[nH]c(=O)n(C)c2=O)c2c(Br)cccc21)c1ccccc1. The molecule has 0 unspecified atom stereocenters. The maximum atomic E-state index is 12.5. The highest BCUT2D eigenvalue weighted by Gasteiger charge is 2.29. The molecule has 4 rings (SSSR count). The van der Waals surface area contributed by atoms with Crippen molar-refractivity contribution in [2.75, 3.05) is 0 Å². The van der Waals surface area contributed by atoms with Crippen molar-refractivity contribution >= 4 is 21.6 Å². The van der Waals surface area contributed by atoms with E-state index < -0.39 is 23.5 Å². The normalized spacial score (nSPS) is 18.5. The molecule has 148 valence electrons. The Bertz CT molecular complexity index is 1220. The lowest BCUT2D eigenvalue weighted by Crippen LogP contribution is -2.30. The summed E-state index contributed by atoms with van der Waals surface area (Å²) < 4.78 is 3.18. The predicted octanol–water partition coefficient (Wildman–Crippen LogP) is 3.28. The Morgan fingerprint density at radius 3 is 2.55 bits per heavy atom. The van der Waals surface area contributed by atoms with Crippen LogP contribution in [0.4, 0.5) is 0 Å². The minimum Gasteiger partial charge on any atom is -0.383 e. The van der Waals surface area contributed by atoms with Gasteiger partial charge in [0.25, 0.3) is 0 Å². The van der Waals surface area contributed by atoms with Gasteiger partial charge in [0.1, 0.15) is 6.04 Å². The van der Waals surface area contributed by atoms with Crippen LogP contribution in [0.15, 0.2) is 79.9 Å². The molecular formula is C21H19BrN4O3. The smallest absolute Gasteiger partial charge is 0.347 e. The van der Waals surface area contributed by atoms with Gasteiger partial charge in [-0.15, -0.1) is 0 Å². The van der Waals surface area contributed by atoms with Gasteiger partial charge >= 0.3 is 11.4 Å². The van der Waals surface area contributed by atoms with Gasteiger partial charge in [-0.05, 0) is 24.6 Å². The van der Waals surface area contributed by atoms with E-state index >= 15 is 0 Å². The number of hydrogen-bond donors (Lipinski definition) is 1. The number of hydrogen-bond acceptors (Lipinski definition) is 4. The van der Waals surface area contributed by atoms with Crippen molar-refractivity contribution in [2.45, 2.75) is 19.1 Å². The maximum Gasteiger partial charge on any atom is 0.347 e. The molecule has 0 saturated carbocycles. The van der Waals surface area contributed by atoms with Crippen LogP contribution in [0.25, 0.3) is 0 Å². The van der Waals surface area contributed by atoms with Crippen molar-refractivity contribution in [2.24, 2.45) is 12.2 Å². The lowest BCUT2D eigenvalue weighted by Gasteiger charge is -2.26. The molecule has 1 heterocycles. The van der Waals surface area contributed by atoms with Crippen molar-refractivity contribution in [3.63, 3.8) is 0 Å². The fourth-order valence-electron chi connectivity index (χ4n) is 3.36. The summed E-state index contributed by atoms with van der Waals surface area (Å²) in [5.74, 6) is 0. The number of benzene rings is 2.